The lowest BCUT2D eigenvalue weighted by Gasteiger charge is -2.19. The molecular weight excluding hydrogens is 386 g/mol. The number of hydrogen-bond donors (Lipinski definition) is 2. The van der Waals surface area contributed by atoms with E-state index in [4.69, 9.17) is 0 Å². The summed E-state index contributed by atoms with van der Waals surface area (Å²) in [6.07, 6.45) is 1.62. The molecule has 0 saturated carbocycles. The first-order chi connectivity index (χ1) is 14.7. The van der Waals surface area contributed by atoms with Crippen molar-refractivity contribution in [3.63, 3.8) is 0 Å². The normalized spacial score (nSPS) is 11.4. The van der Waals surface area contributed by atoms with Gasteiger partial charge in [0.25, 0.3) is 11.8 Å². The smallest absolute Gasteiger partial charge is 0.271 e. The van der Waals surface area contributed by atoms with Crippen molar-refractivity contribution in [3.8, 4) is 0 Å². The van der Waals surface area contributed by atoms with Crippen LogP contribution < -0.4 is 10.7 Å². The van der Waals surface area contributed by atoms with E-state index in [2.05, 4.69) is 36.6 Å². The Balaban J connectivity index is 1.58. The molecule has 3 aromatic rings. The summed E-state index contributed by atoms with van der Waals surface area (Å²) in [5.41, 5.74) is 7.40. The van der Waals surface area contributed by atoms with E-state index in [1.807, 2.05) is 55.5 Å². The second-order valence-corrected chi connectivity index (χ2v) is 8.41. The Morgan fingerprint density at radius 3 is 2.00 bits per heavy atom. The van der Waals surface area contributed by atoms with E-state index >= 15 is 0 Å². The van der Waals surface area contributed by atoms with Gasteiger partial charge in [0.1, 0.15) is 0 Å². The van der Waals surface area contributed by atoms with Gasteiger partial charge in [-0.05, 0) is 65.4 Å². The van der Waals surface area contributed by atoms with E-state index in [9.17, 15) is 9.59 Å². The van der Waals surface area contributed by atoms with Crippen LogP contribution in [0.5, 0.6) is 0 Å². The molecule has 31 heavy (non-hydrogen) atoms. The Morgan fingerprint density at radius 1 is 0.806 bits per heavy atom. The first kappa shape index (κ1) is 22.0. The standard InChI is InChI=1S/C26H27N3O2/c1-18-7-5-6-8-21(18)17-27-29-25(31)20-11-15-23(16-12-20)28-24(30)19-9-13-22(14-10-19)26(2,3)4/h5-17H,1-4H3,(H,28,30)(H,29,31). The van der Waals surface area contributed by atoms with Crippen LogP contribution >= 0.6 is 0 Å². The highest BCUT2D eigenvalue weighted by atomic mass is 16.2. The molecule has 158 valence electrons. The zero-order valence-corrected chi connectivity index (χ0v) is 18.3. The number of carbonyl (C=O) groups excluding carboxylic acids is 2. The van der Waals surface area contributed by atoms with Gasteiger partial charge in [-0.25, -0.2) is 5.43 Å². The van der Waals surface area contributed by atoms with E-state index in [1.165, 1.54) is 5.56 Å². The molecule has 0 aliphatic carbocycles. The predicted octanol–water partition coefficient (Wildman–Crippen LogP) is 5.31. The van der Waals surface area contributed by atoms with Crippen molar-refractivity contribution in [3.05, 3.63) is 101 Å². The summed E-state index contributed by atoms with van der Waals surface area (Å²) < 4.78 is 0. The van der Waals surface area contributed by atoms with Crippen LogP contribution in [0, 0.1) is 6.92 Å². The van der Waals surface area contributed by atoms with E-state index in [-0.39, 0.29) is 17.2 Å². The number of amides is 2. The second-order valence-electron chi connectivity index (χ2n) is 8.41. The van der Waals surface area contributed by atoms with E-state index < -0.39 is 0 Å². The maximum atomic E-state index is 12.5. The molecule has 0 fully saturated rings. The van der Waals surface area contributed by atoms with Crippen LogP contribution in [0.1, 0.15) is 58.2 Å². The lowest BCUT2D eigenvalue weighted by atomic mass is 9.87. The number of anilines is 1. The van der Waals surface area contributed by atoms with Gasteiger partial charge in [-0.1, -0.05) is 57.2 Å². The molecule has 0 atom stereocenters. The molecule has 0 aromatic heterocycles. The number of hydrazone groups is 1. The van der Waals surface area contributed by atoms with Crippen LogP contribution in [0.4, 0.5) is 5.69 Å². The molecule has 0 spiro atoms. The Hall–Kier alpha value is -3.73. The monoisotopic (exact) mass is 413 g/mol. The highest BCUT2D eigenvalue weighted by Gasteiger charge is 2.14. The molecule has 0 aliphatic heterocycles. The molecule has 3 aromatic carbocycles. The van der Waals surface area contributed by atoms with Gasteiger partial charge in [-0.15, -0.1) is 0 Å². The van der Waals surface area contributed by atoms with Crippen LogP contribution in [0.3, 0.4) is 0 Å². The largest absolute Gasteiger partial charge is 0.322 e. The van der Waals surface area contributed by atoms with Crippen LogP contribution in [0.15, 0.2) is 77.9 Å². The number of nitrogens with zero attached hydrogens (tertiary/aromatic N) is 1. The Labute approximate surface area is 183 Å². The molecule has 3 rings (SSSR count). The van der Waals surface area contributed by atoms with Gasteiger partial charge in [-0.2, -0.15) is 5.10 Å². The molecule has 5 heteroatoms. The van der Waals surface area contributed by atoms with E-state index in [1.54, 1.807) is 30.5 Å². The zero-order valence-electron chi connectivity index (χ0n) is 18.3. The number of carbonyl (C=O) groups is 2. The van der Waals surface area contributed by atoms with E-state index in [0.717, 1.165) is 11.1 Å². The lowest BCUT2D eigenvalue weighted by Crippen LogP contribution is -2.18. The molecule has 2 N–H and O–H groups in total. The van der Waals surface area contributed by atoms with Crippen molar-refractivity contribution in [2.45, 2.75) is 33.1 Å². The molecule has 2 amide bonds. The molecule has 5 nitrogen and oxygen atoms in total. The minimum Gasteiger partial charge on any atom is -0.322 e. The summed E-state index contributed by atoms with van der Waals surface area (Å²) in [4.78, 5) is 24.8. The van der Waals surface area contributed by atoms with E-state index in [0.29, 0.717) is 16.8 Å². The van der Waals surface area contributed by atoms with Crippen LogP contribution in [0.25, 0.3) is 0 Å². The molecule has 0 unspecified atom stereocenters. The summed E-state index contributed by atoms with van der Waals surface area (Å²) in [5, 5.41) is 6.87. The number of benzene rings is 3. The third-order valence-corrected chi connectivity index (χ3v) is 4.98. The zero-order chi connectivity index (χ0) is 22.4. The van der Waals surface area contributed by atoms with Crippen LogP contribution in [0.2, 0.25) is 0 Å². The SMILES string of the molecule is Cc1ccccc1C=NNC(=O)c1ccc(NC(=O)c2ccc(C(C)(C)C)cc2)cc1. The number of nitrogens with one attached hydrogen (secondary N) is 2. The highest BCUT2D eigenvalue weighted by molar-refractivity contribution is 6.04. The molecule has 0 saturated heterocycles. The maximum absolute atomic E-state index is 12.5. The minimum atomic E-state index is -0.319. The molecule has 0 heterocycles. The number of aryl methyl sites for hydroxylation is 1. The Morgan fingerprint density at radius 2 is 1.39 bits per heavy atom. The van der Waals surface area contributed by atoms with Gasteiger partial charge < -0.3 is 5.32 Å². The fourth-order valence-corrected chi connectivity index (χ4v) is 2.99. The summed E-state index contributed by atoms with van der Waals surface area (Å²) in [7, 11) is 0. The summed E-state index contributed by atoms with van der Waals surface area (Å²) in [6, 6.07) is 22.1. The van der Waals surface area contributed by atoms with Gasteiger partial charge in [0, 0.05) is 16.8 Å². The third-order valence-electron chi connectivity index (χ3n) is 4.98. The summed E-state index contributed by atoms with van der Waals surface area (Å²) in [5.74, 6) is -0.513. The molecule has 0 aliphatic rings. The second kappa shape index (κ2) is 9.39. The fraction of sp³-hybridized carbons (Fsp3) is 0.192. The van der Waals surface area contributed by atoms with Crippen molar-refractivity contribution in [1.82, 2.24) is 5.43 Å². The predicted molar refractivity (Wildman–Crippen MR) is 126 cm³/mol. The van der Waals surface area contributed by atoms with Crippen LogP contribution in [-0.2, 0) is 5.41 Å². The average molecular weight is 414 g/mol. The summed E-state index contributed by atoms with van der Waals surface area (Å²) >= 11 is 0. The molecular formula is C26H27N3O2. The number of rotatable bonds is 5. The first-order valence-corrected chi connectivity index (χ1v) is 10.1. The number of hydrogen-bond acceptors (Lipinski definition) is 3. The Kier molecular flexibility index (Phi) is 6.65. The van der Waals surface area contributed by atoms with Gasteiger partial charge in [0.15, 0.2) is 0 Å². The Bertz CT molecular complexity index is 1090. The van der Waals surface area contributed by atoms with Crippen molar-refractivity contribution < 1.29 is 9.59 Å². The molecule has 0 radical (unpaired) electrons. The van der Waals surface area contributed by atoms with Crippen LogP contribution in [-0.4, -0.2) is 18.0 Å². The van der Waals surface area contributed by atoms with Crippen molar-refractivity contribution in [1.29, 1.82) is 0 Å². The average Bonchev–Trinajstić information content (AvgIpc) is 2.75. The van der Waals surface area contributed by atoms with Crippen molar-refractivity contribution in [2.24, 2.45) is 5.10 Å². The highest BCUT2D eigenvalue weighted by Crippen LogP contribution is 2.22. The topological polar surface area (TPSA) is 70.6 Å². The maximum Gasteiger partial charge on any atom is 0.271 e. The van der Waals surface area contributed by atoms with Gasteiger partial charge >= 0.3 is 0 Å². The third kappa shape index (κ3) is 5.89. The first-order valence-electron chi connectivity index (χ1n) is 10.1. The quantitative estimate of drug-likeness (QED) is 0.440. The van der Waals surface area contributed by atoms with Gasteiger partial charge in [-0.3, -0.25) is 9.59 Å². The minimum absolute atomic E-state index is 0.0371. The molecule has 0 bridgehead atoms. The lowest BCUT2D eigenvalue weighted by molar-refractivity contribution is 0.0954. The van der Waals surface area contributed by atoms with Crippen molar-refractivity contribution in [2.75, 3.05) is 5.32 Å². The summed E-state index contributed by atoms with van der Waals surface area (Å²) in [6.45, 7) is 8.38. The van der Waals surface area contributed by atoms with Crippen molar-refractivity contribution >= 4 is 23.7 Å². The van der Waals surface area contributed by atoms with Gasteiger partial charge in [0.05, 0.1) is 6.21 Å². The fourth-order valence-electron chi connectivity index (χ4n) is 2.99. The van der Waals surface area contributed by atoms with Gasteiger partial charge in [0.2, 0.25) is 0 Å².